The Hall–Kier alpha value is -1.39. The summed E-state index contributed by atoms with van der Waals surface area (Å²) in [7, 11) is 0. The Kier molecular flexibility index (Phi) is 4.24. The number of ether oxygens (including phenoxy) is 2. The number of amides is 1. The zero-order valence-electron chi connectivity index (χ0n) is 13.8. The molecule has 120 valence electrons. The number of piperidine rings is 1. The van der Waals surface area contributed by atoms with Crippen LogP contribution in [0.4, 0.5) is 0 Å². The number of carbonyl (C=O) groups excluding carboxylic acids is 1. The first-order chi connectivity index (χ1) is 10.5. The summed E-state index contributed by atoms with van der Waals surface area (Å²) in [6.45, 7) is 9.08. The average molecular weight is 303 g/mol. The van der Waals surface area contributed by atoms with Crippen molar-refractivity contribution in [3.05, 3.63) is 34.4 Å². The number of aryl methyl sites for hydroxylation is 3. The van der Waals surface area contributed by atoms with Gasteiger partial charge in [0.1, 0.15) is 0 Å². The lowest BCUT2D eigenvalue weighted by atomic mass is 9.96. The lowest BCUT2D eigenvalue weighted by molar-refractivity contribution is -0.187. The van der Waals surface area contributed by atoms with Crippen LogP contribution in [0, 0.1) is 20.8 Å². The van der Waals surface area contributed by atoms with E-state index in [9.17, 15) is 4.79 Å². The standard InChI is InChI=1S/C18H25NO3/c1-13-10-14(2)16(15(3)11-13)12-17(20)19-6-4-18(5-7-19)21-8-9-22-18/h10-11H,4-9,12H2,1-3H3. The quantitative estimate of drug-likeness (QED) is 0.843. The lowest BCUT2D eigenvalue weighted by Crippen LogP contribution is -2.47. The smallest absolute Gasteiger partial charge is 0.227 e. The van der Waals surface area contributed by atoms with Crippen molar-refractivity contribution in [2.24, 2.45) is 0 Å². The third kappa shape index (κ3) is 3.03. The van der Waals surface area contributed by atoms with E-state index >= 15 is 0 Å². The second-order valence-corrected chi connectivity index (χ2v) is 6.54. The topological polar surface area (TPSA) is 38.8 Å². The number of carbonyl (C=O) groups is 1. The maximum atomic E-state index is 12.6. The third-order valence-corrected chi connectivity index (χ3v) is 4.86. The van der Waals surface area contributed by atoms with Gasteiger partial charge in [0.25, 0.3) is 0 Å². The Bertz CT molecular complexity index is 543. The average Bonchev–Trinajstić information content (AvgIpc) is 2.91. The number of hydrogen-bond donors (Lipinski definition) is 0. The second kappa shape index (κ2) is 6.01. The summed E-state index contributed by atoms with van der Waals surface area (Å²) in [4.78, 5) is 14.6. The summed E-state index contributed by atoms with van der Waals surface area (Å²) < 4.78 is 11.4. The highest BCUT2D eigenvalue weighted by Gasteiger charge is 2.40. The van der Waals surface area contributed by atoms with Crippen molar-refractivity contribution in [1.82, 2.24) is 4.90 Å². The minimum atomic E-state index is -0.410. The van der Waals surface area contributed by atoms with E-state index in [2.05, 4.69) is 32.9 Å². The van der Waals surface area contributed by atoms with Gasteiger partial charge in [-0.1, -0.05) is 17.7 Å². The predicted octanol–water partition coefficient (Wildman–Crippen LogP) is 2.52. The van der Waals surface area contributed by atoms with Gasteiger partial charge in [-0.15, -0.1) is 0 Å². The summed E-state index contributed by atoms with van der Waals surface area (Å²) in [5, 5.41) is 0. The Morgan fingerprint density at radius 1 is 1.09 bits per heavy atom. The Labute approximate surface area is 132 Å². The molecule has 2 heterocycles. The molecule has 1 aromatic carbocycles. The highest BCUT2D eigenvalue weighted by molar-refractivity contribution is 5.79. The fraction of sp³-hybridized carbons (Fsp3) is 0.611. The molecule has 0 N–H and O–H groups in total. The van der Waals surface area contributed by atoms with E-state index < -0.39 is 5.79 Å². The van der Waals surface area contributed by atoms with Crippen molar-refractivity contribution >= 4 is 5.91 Å². The van der Waals surface area contributed by atoms with E-state index in [0.717, 1.165) is 25.9 Å². The molecule has 3 rings (SSSR count). The van der Waals surface area contributed by atoms with Gasteiger partial charge in [0.2, 0.25) is 5.91 Å². The van der Waals surface area contributed by atoms with Crippen LogP contribution in [-0.2, 0) is 20.7 Å². The van der Waals surface area contributed by atoms with E-state index in [1.165, 1.54) is 22.3 Å². The first-order valence-corrected chi connectivity index (χ1v) is 8.11. The molecular formula is C18H25NO3. The van der Waals surface area contributed by atoms with Crippen molar-refractivity contribution in [3.8, 4) is 0 Å². The van der Waals surface area contributed by atoms with Crippen LogP contribution >= 0.6 is 0 Å². The SMILES string of the molecule is Cc1cc(C)c(CC(=O)N2CCC3(CC2)OCCO3)c(C)c1. The lowest BCUT2D eigenvalue weighted by Gasteiger charge is -2.37. The molecule has 0 aliphatic carbocycles. The molecule has 2 aliphatic rings. The van der Waals surface area contributed by atoms with Gasteiger partial charge in [0.05, 0.1) is 19.6 Å². The van der Waals surface area contributed by atoms with Crippen molar-refractivity contribution in [1.29, 1.82) is 0 Å². The molecule has 0 atom stereocenters. The first-order valence-electron chi connectivity index (χ1n) is 8.11. The van der Waals surface area contributed by atoms with Crippen molar-refractivity contribution < 1.29 is 14.3 Å². The summed E-state index contributed by atoms with van der Waals surface area (Å²) in [5.41, 5.74) is 4.84. The van der Waals surface area contributed by atoms with Crippen LogP contribution in [0.2, 0.25) is 0 Å². The molecular weight excluding hydrogens is 278 g/mol. The maximum absolute atomic E-state index is 12.6. The molecule has 0 bridgehead atoms. The van der Waals surface area contributed by atoms with Gasteiger partial charge in [-0.25, -0.2) is 0 Å². The summed E-state index contributed by atoms with van der Waals surface area (Å²) in [6, 6.07) is 4.31. The maximum Gasteiger partial charge on any atom is 0.227 e. The van der Waals surface area contributed by atoms with Crippen LogP contribution in [0.25, 0.3) is 0 Å². The highest BCUT2D eigenvalue weighted by Crippen LogP contribution is 2.31. The number of benzene rings is 1. The van der Waals surface area contributed by atoms with Gasteiger partial charge in [0.15, 0.2) is 5.79 Å². The van der Waals surface area contributed by atoms with Crippen LogP contribution in [0.1, 0.15) is 35.1 Å². The van der Waals surface area contributed by atoms with Crippen LogP contribution in [-0.4, -0.2) is 42.9 Å². The zero-order chi connectivity index (χ0) is 15.7. The fourth-order valence-electron chi connectivity index (χ4n) is 3.63. The van der Waals surface area contributed by atoms with Crippen LogP contribution in [0.5, 0.6) is 0 Å². The molecule has 0 aromatic heterocycles. The normalized spacial score (nSPS) is 20.6. The van der Waals surface area contributed by atoms with Crippen LogP contribution in [0.15, 0.2) is 12.1 Å². The summed E-state index contributed by atoms with van der Waals surface area (Å²) in [6.07, 6.45) is 2.06. The summed E-state index contributed by atoms with van der Waals surface area (Å²) in [5.74, 6) is -0.199. The van der Waals surface area contributed by atoms with Crippen LogP contribution < -0.4 is 0 Å². The molecule has 2 aliphatic heterocycles. The fourth-order valence-corrected chi connectivity index (χ4v) is 3.63. The van der Waals surface area contributed by atoms with Gasteiger partial charge < -0.3 is 14.4 Å². The molecule has 4 nitrogen and oxygen atoms in total. The van der Waals surface area contributed by atoms with E-state index in [1.54, 1.807) is 0 Å². The minimum Gasteiger partial charge on any atom is -0.347 e. The molecule has 22 heavy (non-hydrogen) atoms. The van der Waals surface area contributed by atoms with E-state index in [-0.39, 0.29) is 5.91 Å². The van der Waals surface area contributed by atoms with E-state index in [0.29, 0.717) is 19.6 Å². The number of nitrogens with zero attached hydrogens (tertiary/aromatic N) is 1. The molecule has 1 spiro atoms. The van der Waals surface area contributed by atoms with Gasteiger partial charge >= 0.3 is 0 Å². The first kappa shape index (κ1) is 15.5. The molecule has 2 saturated heterocycles. The third-order valence-electron chi connectivity index (χ3n) is 4.86. The van der Waals surface area contributed by atoms with E-state index in [4.69, 9.17) is 9.47 Å². The predicted molar refractivity (Wildman–Crippen MR) is 84.8 cm³/mol. The molecule has 2 fully saturated rings. The molecule has 1 amide bonds. The Morgan fingerprint density at radius 2 is 1.64 bits per heavy atom. The second-order valence-electron chi connectivity index (χ2n) is 6.54. The van der Waals surface area contributed by atoms with Crippen molar-refractivity contribution in [2.45, 2.75) is 45.8 Å². The molecule has 0 saturated carbocycles. The molecule has 0 unspecified atom stereocenters. The number of rotatable bonds is 2. The van der Waals surface area contributed by atoms with Crippen LogP contribution in [0.3, 0.4) is 0 Å². The van der Waals surface area contributed by atoms with Gasteiger partial charge in [0, 0.05) is 25.9 Å². The Morgan fingerprint density at radius 3 is 2.18 bits per heavy atom. The highest BCUT2D eigenvalue weighted by atomic mass is 16.7. The monoisotopic (exact) mass is 303 g/mol. The van der Waals surface area contributed by atoms with Crippen molar-refractivity contribution in [2.75, 3.05) is 26.3 Å². The molecule has 0 radical (unpaired) electrons. The Balaban J connectivity index is 1.64. The van der Waals surface area contributed by atoms with Crippen molar-refractivity contribution in [3.63, 3.8) is 0 Å². The van der Waals surface area contributed by atoms with E-state index in [1.807, 2.05) is 4.90 Å². The summed E-state index contributed by atoms with van der Waals surface area (Å²) >= 11 is 0. The molecule has 4 heteroatoms. The minimum absolute atomic E-state index is 0.211. The van der Waals surface area contributed by atoms with Gasteiger partial charge in [-0.05, 0) is 37.5 Å². The zero-order valence-corrected chi connectivity index (χ0v) is 13.8. The largest absolute Gasteiger partial charge is 0.347 e. The number of likely N-dealkylation sites (tertiary alicyclic amines) is 1. The van der Waals surface area contributed by atoms with Gasteiger partial charge in [-0.2, -0.15) is 0 Å². The van der Waals surface area contributed by atoms with Gasteiger partial charge in [-0.3, -0.25) is 4.79 Å². The number of hydrogen-bond acceptors (Lipinski definition) is 3. The molecule has 1 aromatic rings.